The molecule has 184 valence electrons. The van der Waals surface area contributed by atoms with Gasteiger partial charge in [-0.2, -0.15) is 0 Å². The lowest BCUT2D eigenvalue weighted by Crippen LogP contribution is -2.58. The van der Waals surface area contributed by atoms with E-state index in [9.17, 15) is 0 Å². The van der Waals surface area contributed by atoms with Crippen molar-refractivity contribution >= 4 is 19.0 Å². The quantitative estimate of drug-likeness (QED) is 0.334. The zero-order chi connectivity index (χ0) is 23.9. The number of hydrogen-bond donors (Lipinski definition) is 0. The Kier molecular flexibility index (Phi) is 8.21. The van der Waals surface area contributed by atoms with Crippen LogP contribution in [0.15, 0.2) is 0 Å². The van der Waals surface area contributed by atoms with Crippen molar-refractivity contribution in [1.82, 2.24) is 0 Å². The lowest BCUT2D eigenvalue weighted by molar-refractivity contribution is -0.125. The van der Waals surface area contributed by atoms with Gasteiger partial charge in [0.25, 0.3) is 0 Å². The lowest BCUT2D eigenvalue weighted by atomic mass is 9.74. The molecule has 0 aromatic carbocycles. The molecule has 0 unspecified atom stereocenters. The molecule has 0 bridgehead atoms. The summed E-state index contributed by atoms with van der Waals surface area (Å²) >= 11 is 0. The number of hydrogen-bond acceptors (Lipinski definition) is 1. The van der Waals surface area contributed by atoms with Gasteiger partial charge in [0.05, 0.1) is 29.5 Å². The molecule has 0 saturated heterocycles. The van der Waals surface area contributed by atoms with Gasteiger partial charge < -0.3 is 4.74 Å². The van der Waals surface area contributed by atoms with Crippen molar-refractivity contribution < 1.29 is 4.74 Å². The maximum absolute atomic E-state index is 7.79. The van der Waals surface area contributed by atoms with Crippen molar-refractivity contribution in [2.75, 3.05) is 0 Å². The standard InChI is InChI=1S/C28H58OSi2/c1-21(2)25(9,10)30-27(17-13-23(5,6)14-18-27)29-28(31-26(11,12)22(3)4)19-15-24(7,8)16-20-28/h21-22H,13-20,30-31H2,1-12H3. The van der Waals surface area contributed by atoms with Crippen molar-refractivity contribution in [2.45, 2.75) is 155 Å². The van der Waals surface area contributed by atoms with Crippen LogP contribution in [-0.2, 0) is 4.74 Å². The molecule has 2 aliphatic carbocycles. The molecular formula is C28H58OSi2. The molecule has 0 radical (unpaired) electrons. The van der Waals surface area contributed by atoms with E-state index in [1.54, 1.807) is 0 Å². The fourth-order valence-corrected chi connectivity index (χ4v) is 12.4. The average molecular weight is 467 g/mol. The Bertz CT molecular complexity index is 528. The van der Waals surface area contributed by atoms with Gasteiger partial charge in [-0.3, -0.25) is 0 Å². The minimum absolute atomic E-state index is 0.227. The van der Waals surface area contributed by atoms with Crippen molar-refractivity contribution in [3.8, 4) is 0 Å². The van der Waals surface area contributed by atoms with Crippen LogP contribution in [0.4, 0.5) is 0 Å². The summed E-state index contributed by atoms with van der Waals surface area (Å²) < 4.78 is 7.79. The van der Waals surface area contributed by atoms with Gasteiger partial charge in [-0.25, -0.2) is 0 Å². The van der Waals surface area contributed by atoms with Crippen LogP contribution in [0.25, 0.3) is 0 Å². The van der Waals surface area contributed by atoms with Gasteiger partial charge in [-0.05, 0) is 84.1 Å². The maximum Gasteiger partial charge on any atom is 0.0658 e. The summed E-state index contributed by atoms with van der Waals surface area (Å²) in [7, 11) is -0.784. The summed E-state index contributed by atoms with van der Waals surface area (Å²) in [5.41, 5.74) is 0.999. The Morgan fingerprint density at radius 3 is 1.03 bits per heavy atom. The third-order valence-corrected chi connectivity index (χ3v) is 16.6. The molecule has 2 fully saturated rings. The normalized spacial score (nSPS) is 26.5. The highest BCUT2D eigenvalue weighted by molar-refractivity contribution is 6.46. The molecule has 0 aromatic heterocycles. The van der Waals surface area contributed by atoms with Crippen molar-refractivity contribution in [2.24, 2.45) is 22.7 Å². The van der Waals surface area contributed by atoms with Crippen molar-refractivity contribution in [1.29, 1.82) is 0 Å². The Morgan fingerprint density at radius 2 is 0.806 bits per heavy atom. The van der Waals surface area contributed by atoms with Gasteiger partial charge in [0.1, 0.15) is 0 Å². The molecule has 0 aliphatic heterocycles. The molecule has 31 heavy (non-hydrogen) atoms. The number of rotatable bonds is 8. The average Bonchev–Trinajstić information content (AvgIpc) is 2.60. The first-order valence-electron chi connectivity index (χ1n) is 13.5. The molecule has 0 heterocycles. The fourth-order valence-electron chi connectivity index (χ4n) is 5.92. The van der Waals surface area contributed by atoms with Crippen LogP contribution in [0.3, 0.4) is 0 Å². The van der Waals surface area contributed by atoms with E-state index in [0.717, 1.165) is 11.8 Å². The summed E-state index contributed by atoms with van der Waals surface area (Å²) in [6, 6.07) is 0. The fraction of sp³-hybridized carbons (Fsp3) is 1.00. The Balaban J connectivity index is 2.40. The summed E-state index contributed by atoms with van der Waals surface area (Å²) in [4.78, 5) is 0. The van der Waals surface area contributed by atoms with E-state index in [1.807, 2.05) is 0 Å². The molecule has 2 rings (SSSR count). The Hall–Kier alpha value is 0.394. The van der Waals surface area contributed by atoms with E-state index in [1.165, 1.54) is 51.4 Å². The van der Waals surface area contributed by atoms with Crippen LogP contribution in [0.1, 0.15) is 134 Å². The van der Waals surface area contributed by atoms with Crippen molar-refractivity contribution in [3.63, 3.8) is 0 Å². The Morgan fingerprint density at radius 1 is 0.548 bits per heavy atom. The third-order valence-electron chi connectivity index (χ3n) is 10.1. The minimum Gasteiger partial charge on any atom is -0.377 e. The van der Waals surface area contributed by atoms with E-state index in [2.05, 4.69) is 83.1 Å². The molecule has 0 atom stereocenters. The minimum atomic E-state index is -0.392. The van der Waals surface area contributed by atoms with E-state index in [4.69, 9.17) is 4.74 Å². The second-order valence-electron chi connectivity index (χ2n) is 15.4. The summed E-state index contributed by atoms with van der Waals surface area (Å²) in [6.07, 6.45) is 10.7. The zero-order valence-corrected chi connectivity index (χ0v) is 26.5. The molecule has 0 spiro atoms. The second kappa shape index (κ2) is 9.21. The monoisotopic (exact) mass is 466 g/mol. The van der Waals surface area contributed by atoms with Crippen LogP contribution in [0.2, 0.25) is 10.1 Å². The highest BCUT2D eigenvalue weighted by atomic mass is 28.2. The number of ether oxygens (including phenoxy) is 1. The van der Waals surface area contributed by atoms with E-state index >= 15 is 0 Å². The van der Waals surface area contributed by atoms with Gasteiger partial charge in [-0.15, -0.1) is 0 Å². The molecule has 3 heteroatoms. The van der Waals surface area contributed by atoms with Gasteiger partial charge in [-0.1, -0.05) is 83.1 Å². The van der Waals surface area contributed by atoms with E-state index in [-0.39, 0.29) is 10.4 Å². The SMILES string of the molecule is CC(C)C(C)(C)[SiH2]C1(OC2([SiH2]C(C)(C)C(C)C)CCC(C)(C)CC2)CCC(C)(C)CC1. The van der Waals surface area contributed by atoms with E-state index in [0.29, 0.717) is 20.9 Å². The van der Waals surface area contributed by atoms with Gasteiger partial charge in [0.2, 0.25) is 0 Å². The van der Waals surface area contributed by atoms with Crippen LogP contribution < -0.4 is 0 Å². The first-order valence-corrected chi connectivity index (χ1v) is 16.4. The maximum atomic E-state index is 7.79. The first-order chi connectivity index (χ1) is 13.8. The highest BCUT2D eigenvalue weighted by Gasteiger charge is 2.51. The van der Waals surface area contributed by atoms with Gasteiger partial charge >= 0.3 is 0 Å². The molecular weight excluding hydrogens is 408 g/mol. The Labute approximate surface area is 201 Å². The zero-order valence-electron chi connectivity index (χ0n) is 23.6. The van der Waals surface area contributed by atoms with Gasteiger partial charge in [0, 0.05) is 0 Å². The summed E-state index contributed by atoms with van der Waals surface area (Å²) in [6.45, 7) is 30.0. The predicted octanol–water partition coefficient (Wildman–Crippen LogP) is 7.64. The highest BCUT2D eigenvalue weighted by Crippen LogP contribution is 2.53. The predicted molar refractivity (Wildman–Crippen MR) is 146 cm³/mol. The van der Waals surface area contributed by atoms with Crippen LogP contribution >= 0.6 is 0 Å². The first kappa shape index (κ1) is 27.6. The molecule has 0 N–H and O–H groups in total. The molecule has 0 amide bonds. The summed E-state index contributed by atoms with van der Waals surface area (Å²) in [5, 5.41) is 1.38. The van der Waals surface area contributed by atoms with Crippen LogP contribution in [0, 0.1) is 22.7 Å². The van der Waals surface area contributed by atoms with E-state index < -0.39 is 19.0 Å². The molecule has 2 saturated carbocycles. The second-order valence-corrected chi connectivity index (χ2v) is 22.4. The largest absolute Gasteiger partial charge is 0.377 e. The molecule has 1 nitrogen and oxygen atoms in total. The van der Waals surface area contributed by atoms with Gasteiger partial charge in [0.15, 0.2) is 0 Å². The lowest BCUT2D eigenvalue weighted by Gasteiger charge is -2.56. The molecule has 2 aliphatic rings. The third kappa shape index (κ3) is 7.19. The van der Waals surface area contributed by atoms with Crippen LogP contribution in [-0.4, -0.2) is 29.5 Å². The summed E-state index contributed by atoms with van der Waals surface area (Å²) in [5.74, 6) is 1.50. The smallest absolute Gasteiger partial charge is 0.0658 e. The molecule has 0 aromatic rings. The topological polar surface area (TPSA) is 9.23 Å². The van der Waals surface area contributed by atoms with Crippen LogP contribution in [0.5, 0.6) is 0 Å². The van der Waals surface area contributed by atoms with Crippen molar-refractivity contribution in [3.05, 3.63) is 0 Å².